The molecule has 0 fully saturated rings. The third-order valence-corrected chi connectivity index (χ3v) is 6.97. The van der Waals surface area contributed by atoms with E-state index in [1.165, 1.54) is 5.56 Å². The van der Waals surface area contributed by atoms with Crippen molar-refractivity contribution in [1.82, 2.24) is 25.5 Å². The van der Waals surface area contributed by atoms with E-state index >= 15 is 0 Å². The molecule has 0 bridgehead atoms. The number of benzene rings is 3. The van der Waals surface area contributed by atoms with Crippen molar-refractivity contribution in [2.75, 3.05) is 18.9 Å². The van der Waals surface area contributed by atoms with Gasteiger partial charge in [0, 0.05) is 12.3 Å². The van der Waals surface area contributed by atoms with Crippen molar-refractivity contribution >= 4 is 27.7 Å². The first-order chi connectivity index (χ1) is 17.6. The molecule has 0 spiro atoms. The molecular formula is C27H30BrN5O2S. The first-order valence-electron chi connectivity index (χ1n) is 11.9. The van der Waals surface area contributed by atoms with Gasteiger partial charge in [0.25, 0.3) is 0 Å². The lowest BCUT2D eigenvalue weighted by Crippen LogP contribution is -2.15. The average Bonchev–Trinajstić information content (AvgIpc) is 3.36. The quantitative estimate of drug-likeness (QED) is 0.157. The van der Waals surface area contributed by atoms with Crippen LogP contribution in [0.1, 0.15) is 30.0 Å². The third-order valence-electron chi connectivity index (χ3n) is 5.37. The number of tetrazole rings is 1. The number of para-hydroxylation sites is 1. The highest BCUT2D eigenvalue weighted by Gasteiger charge is 2.13. The standard InChI is InChI=1S/C27H30BrN5O2S/c1-3-34-25-17-22(16-24(28)26(25)35-19-21-12-10-20(2)11-13-21)18-29-14-7-15-36-27-30-31-32-33(27)23-8-5-4-6-9-23/h4-6,8-13,16-17,29H,3,7,14-15,18-19H2,1-2H3. The minimum absolute atomic E-state index is 0.488. The minimum Gasteiger partial charge on any atom is -0.490 e. The van der Waals surface area contributed by atoms with E-state index < -0.39 is 0 Å². The van der Waals surface area contributed by atoms with Crippen molar-refractivity contribution in [3.8, 4) is 17.2 Å². The topological polar surface area (TPSA) is 74.1 Å². The number of hydrogen-bond acceptors (Lipinski definition) is 7. The Hall–Kier alpha value is -2.88. The summed E-state index contributed by atoms with van der Waals surface area (Å²) in [6.45, 7) is 6.74. The number of ether oxygens (including phenoxy) is 2. The van der Waals surface area contributed by atoms with Gasteiger partial charge in [-0.2, -0.15) is 4.68 Å². The SMILES string of the molecule is CCOc1cc(CNCCCSc2nnnn2-c2ccccc2)cc(Br)c1OCc1ccc(C)cc1. The van der Waals surface area contributed by atoms with Gasteiger partial charge in [0.15, 0.2) is 11.5 Å². The van der Waals surface area contributed by atoms with Crippen LogP contribution in [0.2, 0.25) is 0 Å². The molecule has 1 N–H and O–H groups in total. The molecule has 4 aromatic rings. The Labute approximate surface area is 224 Å². The lowest BCUT2D eigenvalue weighted by atomic mass is 10.1. The summed E-state index contributed by atoms with van der Waals surface area (Å²) < 4.78 is 14.7. The van der Waals surface area contributed by atoms with Gasteiger partial charge in [0.1, 0.15) is 6.61 Å². The molecule has 0 amide bonds. The van der Waals surface area contributed by atoms with Crippen LogP contribution < -0.4 is 14.8 Å². The number of nitrogens with one attached hydrogen (secondary N) is 1. The van der Waals surface area contributed by atoms with Crippen LogP contribution in [-0.2, 0) is 13.2 Å². The number of halogens is 1. The molecule has 0 aliphatic carbocycles. The van der Waals surface area contributed by atoms with Gasteiger partial charge < -0.3 is 14.8 Å². The minimum atomic E-state index is 0.488. The van der Waals surface area contributed by atoms with Gasteiger partial charge in [-0.05, 0) is 88.6 Å². The first-order valence-corrected chi connectivity index (χ1v) is 13.7. The second kappa shape index (κ2) is 13.4. The van der Waals surface area contributed by atoms with Gasteiger partial charge in [0.05, 0.1) is 16.8 Å². The molecule has 1 aromatic heterocycles. The summed E-state index contributed by atoms with van der Waals surface area (Å²) in [4.78, 5) is 0. The second-order valence-electron chi connectivity index (χ2n) is 8.20. The summed E-state index contributed by atoms with van der Waals surface area (Å²) in [5.74, 6) is 2.40. The van der Waals surface area contributed by atoms with Gasteiger partial charge in [-0.25, -0.2) is 0 Å². The highest BCUT2D eigenvalue weighted by Crippen LogP contribution is 2.37. The van der Waals surface area contributed by atoms with E-state index in [1.807, 2.05) is 37.3 Å². The van der Waals surface area contributed by atoms with Crippen LogP contribution in [-0.4, -0.2) is 39.1 Å². The van der Waals surface area contributed by atoms with Gasteiger partial charge >= 0.3 is 0 Å². The zero-order valence-corrected chi connectivity index (χ0v) is 22.9. The van der Waals surface area contributed by atoms with E-state index in [9.17, 15) is 0 Å². The normalized spacial score (nSPS) is 11.0. The van der Waals surface area contributed by atoms with Gasteiger partial charge in [-0.15, -0.1) is 5.10 Å². The molecule has 0 atom stereocenters. The van der Waals surface area contributed by atoms with Crippen LogP contribution in [0, 0.1) is 6.92 Å². The fraction of sp³-hybridized carbons (Fsp3) is 0.296. The third kappa shape index (κ3) is 7.32. The smallest absolute Gasteiger partial charge is 0.214 e. The number of aromatic nitrogens is 4. The molecule has 0 saturated carbocycles. The molecule has 0 aliphatic heterocycles. The molecular weight excluding hydrogens is 538 g/mol. The molecule has 0 aliphatic rings. The molecule has 0 unspecified atom stereocenters. The van der Waals surface area contributed by atoms with Crippen LogP contribution in [0.3, 0.4) is 0 Å². The van der Waals surface area contributed by atoms with Crippen LogP contribution in [0.4, 0.5) is 0 Å². The molecule has 188 valence electrons. The Morgan fingerprint density at radius 1 is 1.00 bits per heavy atom. The zero-order valence-electron chi connectivity index (χ0n) is 20.5. The van der Waals surface area contributed by atoms with Gasteiger partial charge in [-0.1, -0.05) is 59.8 Å². The molecule has 1 heterocycles. The summed E-state index contributed by atoms with van der Waals surface area (Å²) in [5, 5.41) is 16.4. The largest absolute Gasteiger partial charge is 0.490 e. The summed E-state index contributed by atoms with van der Waals surface area (Å²) >= 11 is 5.33. The van der Waals surface area contributed by atoms with E-state index in [1.54, 1.807) is 16.4 Å². The van der Waals surface area contributed by atoms with Crippen LogP contribution >= 0.6 is 27.7 Å². The fourth-order valence-corrected chi connectivity index (χ4v) is 4.99. The average molecular weight is 569 g/mol. The van der Waals surface area contributed by atoms with E-state index in [4.69, 9.17) is 9.47 Å². The van der Waals surface area contributed by atoms with Crippen molar-refractivity contribution in [3.63, 3.8) is 0 Å². The Morgan fingerprint density at radius 3 is 2.58 bits per heavy atom. The van der Waals surface area contributed by atoms with Crippen molar-refractivity contribution in [2.24, 2.45) is 0 Å². The lowest BCUT2D eigenvalue weighted by Gasteiger charge is -2.16. The van der Waals surface area contributed by atoms with Gasteiger partial charge in [0.2, 0.25) is 5.16 Å². The second-order valence-corrected chi connectivity index (χ2v) is 10.1. The maximum atomic E-state index is 6.12. The molecule has 0 saturated heterocycles. The fourth-order valence-electron chi connectivity index (χ4n) is 3.56. The maximum Gasteiger partial charge on any atom is 0.214 e. The highest BCUT2D eigenvalue weighted by atomic mass is 79.9. The van der Waals surface area contributed by atoms with Crippen molar-refractivity contribution in [3.05, 3.63) is 87.9 Å². The first kappa shape index (κ1) is 26.2. The number of aryl methyl sites for hydroxylation is 1. The molecule has 4 rings (SSSR count). The van der Waals surface area contributed by atoms with E-state index in [-0.39, 0.29) is 0 Å². The molecule has 9 heteroatoms. The lowest BCUT2D eigenvalue weighted by molar-refractivity contribution is 0.267. The van der Waals surface area contributed by atoms with Crippen LogP contribution in [0.5, 0.6) is 11.5 Å². The molecule has 36 heavy (non-hydrogen) atoms. The summed E-state index contributed by atoms with van der Waals surface area (Å²) in [5.41, 5.74) is 4.45. The summed E-state index contributed by atoms with van der Waals surface area (Å²) in [7, 11) is 0. The maximum absolute atomic E-state index is 6.12. The van der Waals surface area contributed by atoms with Crippen LogP contribution in [0.15, 0.2) is 76.4 Å². The molecule has 0 radical (unpaired) electrons. The molecule has 3 aromatic carbocycles. The number of nitrogens with zero attached hydrogens (tertiary/aromatic N) is 4. The monoisotopic (exact) mass is 567 g/mol. The zero-order chi connectivity index (χ0) is 25.2. The van der Waals surface area contributed by atoms with Gasteiger partial charge in [-0.3, -0.25) is 0 Å². The summed E-state index contributed by atoms with van der Waals surface area (Å²) in [6.07, 6.45) is 0.990. The summed E-state index contributed by atoms with van der Waals surface area (Å²) in [6, 6.07) is 22.4. The van der Waals surface area contributed by atoms with Crippen molar-refractivity contribution < 1.29 is 9.47 Å². The Balaban J connectivity index is 1.26. The number of hydrogen-bond donors (Lipinski definition) is 1. The Kier molecular flexibility index (Phi) is 9.77. The van der Waals surface area contributed by atoms with Crippen molar-refractivity contribution in [1.29, 1.82) is 0 Å². The van der Waals surface area contributed by atoms with E-state index in [0.29, 0.717) is 13.2 Å². The van der Waals surface area contributed by atoms with E-state index in [0.717, 1.165) is 63.2 Å². The highest BCUT2D eigenvalue weighted by molar-refractivity contribution is 9.10. The Morgan fingerprint density at radius 2 is 1.81 bits per heavy atom. The predicted molar refractivity (Wildman–Crippen MR) is 147 cm³/mol. The molecule has 7 nitrogen and oxygen atoms in total. The van der Waals surface area contributed by atoms with E-state index in [2.05, 4.69) is 80.1 Å². The number of rotatable bonds is 13. The van der Waals surface area contributed by atoms with Crippen LogP contribution in [0.25, 0.3) is 5.69 Å². The van der Waals surface area contributed by atoms with Crippen molar-refractivity contribution in [2.45, 2.75) is 38.6 Å². The number of thioether (sulfide) groups is 1. The predicted octanol–water partition coefficient (Wildman–Crippen LogP) is 5.98. The Bertz CT molecular complexity index is 1230.